The van der Waals surface area contributed by atoms with Gasteiger partial charge in [-0.05, 0) is 0 Å². The van der Waals surface area contributed by atoms with Crippen LogP contribution in [0, 0.1) is 0 Å². The van der Waals surface area contributed by atoms with Gasteiger partial charge in [0.05, 0.1) is 0 Å². The maximum absolute atomic E-state index is 0. The summed E-state index contributed by atoms with van der Waals surface area (Å²) in [7, 11) is 0. The molecule has 0 heterocycles. The Bertz CT molecular complexity index is 8.00. The van der Waals surface area contributed by atoms with Crippen LogP contribution in [0.1, 0.15) is 0 Å². The minimum atomic E-state index is 0. The van der Waals surface area contributed by atoms with Gasteiger partial charge in [0.25, 0.3) is 0 Å². The Hall–Kier alpha value is 3.34. The summed E-state index contributed by atoms with van der Waals surface area (Å²) in [5, 5.41) is 0. The van der Waals surface area contributed by atoms with Crippen LogP contribution in [0.15, 0.2) is 0 Å². The smallest absolute Gasteiger partial charge is 0 e. The third-order valence-electron chi connectivity index (χ3n) is 0. The molecule has 0 atom stereocenters. The van der Waals surface area contributed by atoms with Crippen molar-refractivity contribution in [3.05, 3.63) is 0 Å². The molecule has 0 aliphatic carbocycles. The molecule has 3 radical (unpaired) electrons. The van der Waals surface area contributed by atoms with Gasteiger partial charge < -0.3 is 0 Å². The molecule has 0 bridgehead atoms. The van der Waals surface area contributed by atoms with Crippen molar-refractivity contribution in [2.24, 2.45) is 0 Å². The molecule has 0 amide bonds. The van der Waals surface area contributed by atoms with Crippen LogP contribution in [0.5, 0.6) is 0 Å². The van der Waals surface area contributed by atoms with Gasteiger partial charge in [-0.2, -0.15) is 0 Å². The van der Waals surface area contributed by atoms with Crippen LogP contribution >= 0.6 is 0 Å². The molecule has 4 heavy (non-hydrogen) atoms. The molecule has 0 aliphatic rings. The van der Waals surface area contributed by atoms with Crippen molar-refractivity contribution in [1.29, 1.82) is 0 Å². The van der Waals surface area contributed by atoms with Crippen molar-refractivity contribution >= 4 is 37.7 Å². The number of hydrogen-bond donors (Lipinski definition) is 0. The van der Waals surface area contributed by atoms with Crippen molar-refractivity contribution < 1.29 is 63.6 Å². The van der Waals surface area contributed by atoms with E-state index >= 15 is 0 Å². The monoisotopic (exact) mass is 333 g/mol. The molecule has 13 valence electrons. The average molecular weight is 334 g/mol. The molecule has 4 heteroatoms. The van der Waals surface area contributed by atoms with Gasteiger partial charge in [0.1, 0.15) is 0 Å². The van der Waals surface area contributed by atoms with Crippen molar-refractivity contribution in [3.63, 3.8) is 0 Å². The number of hydrogen-bond acceptors (Lipinski definition) is 0. The summed E-state index contributed by atoms with van der Waals surface area (Å²) < 4.78 is 0. The van der Waals surface area contributed by atoms with E-state index in [-0.39, 0.29) is 101 Å². The van der Waals surface area contributed by atoms with Crippen LogP contribution in [0.4, 0.5) is 0 Å². The van der Waals surface area contributed by atoms with Crippen molar-refractivity contribution in [1.82, 2.24) is 0 Å². The molecule has 0 saturated carbocycles. The molecule has 0 rings (SSSR count). The molecule has 0 aromatic heterocycles. The standard InChI is InChI=1S/Ca.Ta.Ti.Zn. The van der Waals surface area contributed by atoms with Crippen LogP contribution in [0.2, 0.25) is 0 Å². The quantitative estimate of drug-likeness (QED) is 0.530. The molecule has 0 N–H and O–H groups in total. The molecular formula is CaTaTiZn. The summed E-state index contributed by atoms with van der Waals surface area (Å²) in [4.78, 5) is 0. The topological polar surface area (TPSA) is 0 Å². The predicted molar refractivity (Wildman–Crippen MR) is 5.75 cm³/mol. The summed E-state index contributed by atoms with van der Waals surface area (Å²) in [6, 6.07) is 0. The Morgan fingerprint density at radius 2 is 1.00 bits per heavy atom. The molecule has 0 fully saturated rings. The van der Waals surface area contributed by atoms with E-state index in [1.807, 2.05) is 0 Å². The molecule has 0 aromatic rings. The van der Waals surface area contributed by atoms with E-state index in [2.05, 4.69) is 0 Å². The fourth-order valence-electron chi connectivity index (χ4n) is 0. The summed E-state index contributed by atoms with van der Waals surface area (Å²) in [6.07, 6.45) is 0. The minimum Gasteiger partial charge on any atom is 0 e. The van der Waals surface area contributed by atoms with Gasteiger partial charge in [0.15, 0.2) is 0 Å². The maximum Gasteiger partial charge on any atom is 0 e. The number of rotatable bonds is 0. The first kappa shape index (κ1) is 26.5. The largest absolute Gasteiger partial charge is 0 e. The summed E-state index contributed by atoms with van der Waals surface area (Å²) in [6.45, 7) is 0. The first-order valence-corrected chi connectivity index (χ1v) is 0. The van der Waals surface area contributed by atoms with E-state index in [1.54, 1.807) is 0 Å². The Balaban J connectivity index is 0. The fourth-order valence-corrected chi connectivity index (χ4v) is 0. The second-order valence-electron chi connectivity index (χ2n) is 0. The van der Waals surface area contributed by atoms with Gasteiger partial charge in [-0.3, -0.25) is 0 Å². The second-order valence-corrected chi connectivity index (χ2v) is 0. The van der Waals surface area contributed by atoms with Crippen LogP contribution in [0.3, 0.4) is 0 Å². The van der Waals surface area contributed by atoms with Gasteiger partial charge in [0, 0.05) is 101 Å². The van der Waals surface area contributed by atoms with Gasteiger partial charge in [-0.25, -0.2) is 0 Å². The Kier molecular flexibility index (Phi) is 107. The van der Waals surface area contributed by atoms with E-state index < -0.39 is 0 Å². The zero-order valence-corrected chi connectivity index (χ0v) is 12.3. The molecule has 0 aliphatic heterocycles. The maximum atomic E-state index is 0. The molecule has 0 aromatic carbocycles. The zero-order chi connectivity index (χ0) is 0. The fraction of sp³-hybridized carbons (Fsp3) is 0. The summed E-state index contributed by atoms with van der Waals surface area (Å²) >= 11 is 0. The summed E-state index contributed by atoms with van der Waals surface area (Å²) in [5.74, 6) is 0. The van der Waals surface area contributed by atoms with E-state index in [0.717, 1.165) is 0 Å². The normalized spacial score (nSPS) is 0. The molecule has 0 spiro atoms. The van der Waals surface area contributed by atoms with Gasteiger partial charge in [-0.15, -0.1) is 0 Å². The van der Waals surface area contributed by atoms with Crippen molar-refractivity contribution in [2.45, 2.75) is 0 Å². The van der Waals surface area contributed by atoms with Gasteiger partial charge in [0.2, 0.25) is 0 Å². The first-order chi connectivity index (χ1) is 0. The predicted octanol–water partition coefficient (Wildman–Crippen LogP) is -0.388. The van der Waals surface area contributed by atoms with E-state index in [1.165, 1.54) is 0 Å². The van der Waals surface area contributed by atoms with E-state index in [4.69, 9.17) is 0 Å². The van der Waals surface area contributed by atoms with E-state index in [0.29, 0.717) is 0 Å². The van der Waals surface area contributed by atoms with Gasteiger partial charge >= 0.3 is 0 Å². The minimum absolute atomic E-state index is 0. The van der Waals surface area contributed by atoms with E-state index in [9.17, 15) is 0 Å². The van der Waals surface area contributed by atoms with Crippen LogP contribution in [-0.4, -0.2) is 37.7 Å². The van der Waals surface area contributed by atoms with Crippen LogP contribution in [0.25, 0.3) is 0 Å². The van der Waals surface area contributed by atoms with Crippen molar-refractivity contribution in [3.8, 4) is 0 Å². The Morgan fingerprint density at radius 3 is 1.00 bits per heavy atom. The van der Waals surface area contributed by atoms with Crippen molar-refractivity contribution in [2.75, 3.05) is 0 Å². The zero-order valence-electron chi connectivity index (χ0n) is 2.36. The third kappa shape index (κ3) is 9.02. The SMILES string of the molecule is [Ca].[Ta].[Ti].[Zn]. The molecule has 0 nitrogen and oxygen atoms in total. The summed E-state index contributed by atoms with van der Waals surface area (Å²) in [5.41, 5.74) is 0. The average Bonchev–Trinajstić information content (AvgIpc) is 0. The van der Waals surface area contributed by atoms with Crippen LogP contribution < -0.4 is 0 Å². The molecule has 0 unspecified atom stereocenters. The third-order valence-corrected chi connectivity index (χ3v) is 0. The Labute approximate surface area is 99.0 Å². The van der Waals surface area contributed by atoms with Crippen LogP contribution in [-0.2, 0) is 63.6 Å². The second kappa shape index (κ2) is 16.2. The molecular weight excluding hydrogens is 334 g/mol. The molecule has 0 saturated heterocycles. The first-order valence-electron chi connectivity index (χ1n) is 0. The van der Waals surface area contributed by atoms with Gasteiger partial charge in [-0.1, -0.05) is 0 Å². The Morgan fingerprint density at radius 1 is 1.00 bits per heavy atom.